The maximum absolute atomic E-state index is 11.7. The second kappa shape index (κ2) is 9.00. The van der Waals surface area contributed by atoms with Crippen LogP contribution in [0.1, 0.15) is 16.7 Å². The van der Waals surface area contributed by atoms with Crippen LogP contribution in [0.25, 0.3) is 0 Å². The maximum atomic E-state index is 11.7. The summed E-state index contributed by atoms with van der Waals surface area (Å²) >= 11 is 1.49. The smallest absolute Gasteiger partial charge is 0.321 e. The first-order chi connectivity index (χ1) is 11.1. The summed E-state index contributed by atoms with van der Waals surface area (Å²) in [6.07, 6.45) is 0. The van der Waals surface area contributed by atoms with E-state index in [0.717, 1.165) is 11.3 Å². The van der Waals surface area contributed by atoms with Crippen LogP contribution in [0.2, 0.25) is 0 Å². The lowest BCUT2D eigenvalue weighted by Crippen LogP contribution is -2.39. The fraction of sp³-hybridized carbons (Fsp3) is 0.222. The van der Waals surface area contributed by atoms with Gasteiger partial charge in [-0.1, -0.05) is 54.6 Å². The molecule has 5 heteroatoms. The Morgan fingerprint density at radius 1 is 1.00 bits per heavy atom. The molecule has 0 aliphatic carbocycles. The van der Waals surface area contributed by atoms with Crippen molar-refractivity contribution >= 4 is 23.7 Å². The summed E-state index contributed by atoms with van der Waals surface area (Å²) in [5.74, 6) is 0.730. The number of rotatable bonds is 6. The van der Waals surface area contributed by atoms with Crippen molar-refractivity contribution in [3.63, 3.8) is 0 Å². The fourth-order valence-electron chi connectivity index (χ4n) is 2.01. The normalized spacial score (nSPS) is 10.1. The molecule has 2 aromatic rings. The van der Waals surface area contributed by atoms with Crippen LogP contribution < -0.4 is 10.6 Å². The van der Waals surface area contributed by atoms with Gasteiger partial charge in [-0.25, -0.2) is 4.79 Å². The lowest BCUT2D eigenvalue weighted by Gasteiger charge is -2.07. The van der Waals surface area contributed by atoms with E-state index in [0.29, 0.717) is 6.54 Å². The summed E-state index contributed by atoms with van der Waals surface area (Å²) in [5.41, 5.74) is 3.41. The molecule has 2 aromatic carbocycles. The van der Waals surface area contributed by atoms with Crippen LogP contribution in [0.4, 0.5) is 4.79 Å². The first-order valence-corrected chi connectivity index (χ1v) is 8.54. The Labute approximate surface area is 140 Å². The first kappa shape index (κ1) is 17.1. The van der Waals surface area contributed by atoms with Crippen molar-refractivity contribution < 1.29 is 9.59 Å². The summed E-state index contributed by atoms with van der Waals surface area (Å²) in [7, 11) is 0. The highest BCUT2D eigenvalue weighted by Gasteiger charge is 2.08. The average molecular weight is 328 g/mol. The minimum atomic E-state index is -0.463. The molecule has 2 N–H and O–H groups in total. The number of imide groups is 1. The molecule has 0 aliphatic rings. The van der Waals surface area contributed by atoms with Crippen LogP contribution >= 0.6 is 11.8 Å². The summed E-state index contributed by atoms with van der Waals surface area (Å²) < 4.78 is 0. The topological polar surface area (TPSA) is 58.2 Å². The van der Waals surface area contributed by atoms with E-state index in [1.165, 1.54) is 22.9 Å². The Bertz CT molecular complexity index is 659. The predicted octanol–water partition coefficient (Wildman–Crippen LogP) is 3.25. The number of aryl methyl sites for hydroxylation is 1. The molecular formula is C18H20N2O2S. The zero-order chi connectivity index (χ0) is 16.5. The van der Waals surface area contributed by atoms with Crippen LogP contribution in [0.15, 0.2) is 54.6 Å². The van der Waals surface area contributed by atoms with Crippen LogP contribution in [0, 0.1) is 6.92 Å². The highest BCUT2D eigenvalue weighted by Crippen LogP contribution is 2.15. The third kappa shape index (κ3) is 6.16. The van der Waals surface area contributed by atoms with Crippen molar-refractivity contribution in [2.24, 2.45) is 0 Å². The molecule has 0 aromatic heterocycles. The van der Waals surface area contributed by atoms with Gasteiger partial charge in [0.2, 0.25) is 5.91 Å². The number of amides is 3. The number of thioether (sulfide) groups is 1. The van der Waals surface area contributed by atoms with Gasteiger partial charge in [-0.05, 0) is 23.6 Å². The number of carbonyl (C=O) groups excluding carboxylic acids is 2. The predicted molar refractivity (Wildman–Crippen MR) is 94.2 cm³/mol. The second-order valence-electron chi connectivity index (χ2n) is 5.14. The van der Waals surface area contributed by atoms with E-state index in [4.69, 9.17) is 0 Å². The van der Waals surface area contributed by atoms with Crippen molar-refractivity contribution in [3.05, 3.63) is 71.3 Å². The van der Waals surface area contributed by atoms with Gasteiger partial charge < -0.3 is 5.32 Å². The molecule has 0 aliphatic heterocycles. The first-order valence-electron chi connectivity index (χ1n) is 7.39. The van der Waals surface area contributed by atoms with Crippen molar-refractivity contribution in [1.82, 2.24) is 10.6 Å². The summed E-state index contributed by atoms with van der Waals surface area (Å²) in [6, 6.07) is 17.2. The molecule has 0 saturated carbocycles. The van der Waals surface area contributed by atoms with Crippen LogP contribution in [-0.2, 0) is 17.1 Å². The van der Waals surface area contributed by atoms with Crippen molar-refractivity contribution in [2.75, 3.05) is 5.75 Å². The Morgan fingerprint density at radius 2 is 1.70 bits per heavy atom. The Morgan fingerprint density at radius 3 is 2.43 bits per heavy atom. The van der Waals surface area contributed by atoms with Crippen LogP contribution in [-0.4, -0.2) is 17.7 Å². The van der Waals surface area contributed by atoms with E-state index in [1.54, 1.807) is 0 Å². The van der Waals surface area contributed by atoms with E-state index in [-0.39, 0.29) is 11.7 Å². The Kier molecular flexibility index (Phi) is 6.69. The zero-order valence-electron chi connectivity index (χ0n) is 13.0. The third-order valence-corrected chi connectivity index (χ3v) is 4.28. The molecule has 2 rings (SSSR count). The van der Waals surface area contributed by atoms with Gasteiger partial charge in [-0.15, -0.1) is 11.8 Å². The molecule has 0 fully saturated rings. The summed E-state index contributed by atoms with van der Waals surface area (Å²) in [5, 5.41) is 5.01. The standard InChI is InChI=1S/C18H20N2O2S/c1-14-7-5-6-10-16(14)12-23-13-17(21)20-18(22)19-11-15-8-3-2-4-9-15/h2-10H,11-13H2,1H3,(H2,19,20,21,22). The molecule has 0 unspecified atom stereocenters. The highest BCUT2D eigenvalue weighted by atomic mass is 32.2. The van der Waals surface area contributed by atoms with Crippen LogP contribution in [0.3, 0.4) is 0 Å². The van der Waals surface area contributed by atoms with E-state index < -0.39 is 6.03 Å². The fourth-order valence-corrected chi connectivity index (χ4v) is 2.91. The minimum Gasteiger partial charge on any atom is -0.334 e. The number of hydrogen-bond acceptors (Lipinski definition) is 3. The van der Waals surface area contributed by atoms with E-state index in [2.05, 4.69) is 10.6 Å². The van der Waals surface area contributed by atoms with Crippen molar-refractivity contribution in [3.8, 4) is 0 Å². The summed E-state index contributed by atoms with van der Waals surface area (Å²) in [4.78, 5) is 23.4. The van der Waals surface area contributed by atoms with Crippen molar-refractivity contribution in [2.45, 2.75) is 19.2 Å². The molecule has 3 amide bonds. The highest BCUT2D eigenvalue weighted by molar-refractivity contribution is 7.99. The Hall–Kier alpha value is -2.27. The SMILES string of the molecule is Cc1ccccc1CSCC(=O)NC(=O)NCc1ccccc1. The molecule has 0 spiro atoms. The molecule has 0 atom stereocenters. The molecule has 0 heterocycles. The lowest BCUT2D eigenvalue weighted by molar-refractivity contribution is -0.117. The number of nitrogens with one attached hydrogen (secondary N) is 2. The number of urea groups is 1. The lowest BCUT2D eigenvalue weighted by atomic mass is 10.1. The largest absolute Gasteiger partial charge is 0.334 e. The molecule has 23 heavy (non-hydrogen) atoms. The second-order valence-corrected chi connectivity index (χ2v) is 6.12. The van der Waals surface area contributed by atoms with Gasteiger partial charge in [0.25, 0.3) is 0 Å². The van der Waals surface area contributed by atoms with Gasteiger partial charge in [0, 0.05) is 12.3 Å². The molecule has 4 nitrogen and oxygen atoms in total. The van der Waals surface area contributed by atoms with Gasteiger partial charge in [-0.3, -0.25) is 10.1 Å². The number of carbonyl (C=O) groups is 2. The van der Waals surface area contributed by atoms with E-state index in [9.17, 15) is 9.59 Å². The maximum Gasteiger partial charge on any atom is 0.321 e. The van der Waals surface area contributed by atoms with Gasteiger partial charge in [0.15, 0.2) is 0 Å². The van der Waals surface area contributed by atoms with Crippen LogP contribution in [0.5, 0.6) is 0 Å². The average Bonchev–Trinajstić information content (AvgIpc) is 2.56. The number of benzene rings is 2. The van der Waals surface area contributed by atoms with Gasteiger partial charge in [-0.2, -0.15) is 0 Å². The number of hydrogen-bond donors (Lipinski definition) is 2. The van der Waals surface area contributed by atoms with Gasteiger partial charge >= 0.3 is 6.03 Å². The third-order valence-electron chi connectivity index (χ3n) is 3.30. The van der Waals surface area contributed by atoms with Gasteiger partial charge in [0.1, 0.15) is 0 Å². The Balaban J connectivity index is 1.66. The molecule has 0 radical (unpaired) electrons. The van der Waals surface area contributed by atoms with Gasteiger partial charge in [0.05, 0.1) is 5.75 Å². The molecular weight excluding hydrogens is 308 g/mol. The van der Waals surface area contributed by atoms with E-state index >= 15 is 0 Å². The quantitative estimate of drug-likeness (QED) is 0.856. The zero-order valence-corrected chi connectivity index (χ0v) is 13.9. The molecule has 0 bridgehead atoms. The minimum absolute atomic E-state index is 0.257. The van der Waals surface area contributed by atoms with E-state index in [1.807, 2.05) is 61.5 Å². The van der Waals surface area contributed by atoms with Crippen molar-refractivity contribution in [1.29, 1.82) is 0 Å². The molecule has 120 valence electrons. The summed E-state index contributed by atoms with van der Waals surface area (Å²) in [6.45, 7) is 2.45. The molecule has 0 saturated heterocycles. The monoisotopic (exact) mass is 328 g/mol.